The molecule has 2 unspecified atom stereocenters. The van der Waals surface area contributed by atoms with Crippen molar-refractivity contribution in [2.24, 2.45) is 11.8 Å². The highest BCUT2D eigenvalue weighted by molar-refractivity contribution is 4.85. The van der Waals surface area contributed by atoms with Crippen molar-refractivity contribution in [3.63, 3.8) is 0 Å². The van der Waals surface area contributed by atoms with Gasteiger partial charge in [-0.25, -0.2) is 0 Å². The molecule has 0 bridgehead atoms. The molecule has 100 valence electrons. The summed E-state index contributed by atoms with van der Waals surface area (Å²) in [6, 6.07) is 1.37. The quantitative estimate of drug-likeness (QED) is 0.810. The van der Waals surface area contributed by atoms with Crippen molar-refractivity contribution in [2.45, 2.75) is 44.7 Å². The van der Waals surface area contributed by atoms with Gasteiger partial charge in [0.2, 0.25) is 0 Å². The summed E-state index contributed by atoms with van der Waals surface area (Å²) in [4.78, 5) is 2.58. The fraction of sp³-hybridized carbons (Fsp3) is 1.00. The van der Waals surface area contributed by atoms with Crippen molar-refractivity contribution in [1.29, 1.82) is 0 Å². The molecule has 3 heteroatoms. The maximum atomic E-state index is 5.58. The van der Waals surface area contributed by atoms with Crippen molar-refractivity contribution in [1.82, 2.24) is 10.2 Å². The molecule has 1 N–H and O–H groups in total. The fourth-order valence-electron chi connectivity index (χ4n) is 3.30. The van der Waals surface area contributed by atoms with E-state index >= 15 is 0 Å². The van der Waals surface area contributed by atoms with E-state index in [9.17, 15) is 0 Å². The van der Waals surface area contributed by atoms with Crippen LogP contribution in [0.15, 0.2) is 0 Å². The summed E-state index contributed by atoms with van der Waals surface area (Å²) in [6.07, 6.45) is 5.59. The molecule has 17 heavy (non-hydrogen) atoms. The highest BCUT2D eigenvalue weighted by Gasteiger charge is 2.30. The van der Waals surface area contributed by atoms with Crippen molar-refractivity contribution in [3.8, 4) is 0 Å². The highest BCUT2D eigenvalue weighted by Crippen LogP contribution is 2.27. The van der Waals surface area contributed by atoms with E-state index in [4.69, 9.17) is 4.74 Å². The Morgan fingerprint density at radius 3 is 2.53 bits per heavy atom. The van der Waals surface area contributed by atoms with Gasteiger partial charge < -0.3 is 15.0 Å². The van der Waals surface area contributed by atoms with Crippen LogP contribution in [-0.4, -0.2) is 50.8 Å². The Morgan fingerprint density at radius 1 is 1.18 bits per heavy atom. The van der Waals surface area contributed by atoms with Gasteiger partial charge in [-0.1, -0.05) is 6.92 Å². The first kappa shape index (κ1) is 13.3. The molecule has 1 aliphatic heterocycles. The third kappa shape index (κ3) is 3.43. The fourth-order valence-corrected chi connectivity index (χ4v) is 3.30. The number of nitrogens with zero attached hydrogens (tertiary/aromatic N) is 1. The standard InChI is InChI=1S/C14H28N2O/c1-11-4-6-13(7-5-11)16(3)8-12-9-17-10-14(12)15-2/h11-15H,4-10H2,1-3H3. The Morgan fingerprint density at radius 2 is 1.88 bits per heavy atom. The second-order valence-corrected chi connectivity index (χ2v) is 6.05. The van der Waals surface area contributed by atoms with Gasteiger partial charge >= 0.3 is 0 Å². The summed E-state index contributed by atoms with van der Waals surface area (Å²) < 4.78 is 5.58. The van der Waals surface area contributed by atoms with Crippen molar-refractivity contribution in [2.75, 3.05) is 33.9 Å². The summed E-state index contributed by atoms with van der Waals surface area (Å²) in [6.45, 7) is 5.39. The second kappa shape index (κ2) is 6.17. The largest absolute Gasteiger partial charge is 0.379 e. The van der Waals surface area contributed by atoms with E-state index in [0.717, 1.165) is 25.2 Å². The van der Waals surface area contributed by atoms with E-state index in [-0.39, 0.29) is 0 Å². The van der Waals surface area contributed by atoms with Crippen LogP contribution in [0, 0.1) is 11.8 Å². The highest BCUT2D eigenvalue weighted by atomic mass is 16.5. The Kier molecular flexibility index (Phi) is 4.83. The smallest absolute Gasteiger partial charge is 0.0623 e. The number of hydrogen-bond donors (Lipinski definition) is 1. The maximum Gasteiger partial charge on any atom is 0.0623 e. The minimum absolute atomic E-state index is 0.556. The third-order valence-electron chi connectivity index (χ3n) is 4.70. The average Bonchev–Trinajstić information content (AvgIpc) is 2.77. The van der Waals surface area contributed by atoms with Gasteiger partial charge in [0.05, 0.1) is 13.2 Å². The molecule has 2 rings (SSSR count). The topological polar surface area (TPSA) is 24.5 Å². The first-order valence-electron chi connectivity index (χ1n) is 7.16. The summed E-state index contributed by atoms with van der Waals surface area (Å²) >= 11 is 0. The Hall–Kier alpha value is -0.120. The van der Waals surface area contributed by atoms with Gasteiger partial charge in [-0.3, -0.25) is 0 Å². The van der Waals surface area contributed by atoms with Crippen molar-refractivity contribution < 1.29 is 4.74 Å². The van der Waals surface area contributed by atoms with E-state index in [1.807, 2.05) is 0 Å². The molecule has 0 amide bonds. The van der Waals surface area contributed by atoms with Crippen LogP contribution in [0.4, 0.5) is 0 Å². The van der Waals surface area contributed by atoms with Crippen molar-refractivity contribution >= 4 is 0 Å². The van der Waals surface area contributed by atoms with Crippen LogP contribution < -0.4 is 5.32 Å². The zero-order valence-electron chi connectivity index (χ0n) is 11.6. The summed E-state index contributed by atoms with van der Waals surface area (Å²) in [5.74, 6) is 1.61. The SMILES string of the molecule is CNC1COCC1CN(C)C1CCC(C)CC1. The van der Waals surface area contributed by atoms with Gasteiger partial charge in [-0.05, 0) is 45.7 Å². The number of likely N-dealkylation sites (N-methyl/N-ethyl adjacent to an activating group) is 1. The molecule has 1 saturated carbocycles. The van der Waals surface area contributed by atoms with Gasteiger partial charge in [-0.2, -0.15) is 0 Å². The molecule has 0 spiro atoms. The van der Waals surface area contributed by atoms with Crippen LogP contribution in [0.25, 0.3) is 0 Å². The predicted octanol–water partition coefficient (Wildman–Crippen LogP) is 1.73. The van der Waals surface area contributed by atoms with E-state index in [1.165, 1.54) is 32.2 Å². The van der Waals surface area contributed by atoms with Crippen LogP contribution >= 0.6 is 0 Å². The Balaban J connectivity index is 1.78. The number of rotatable bonds is 4. The molecule has 0 aromatic carbocycles. The molecule has 2 atom stereocenters. The maximum absolute atomic E-state index is 5.58. The number of hydrogen-bond acceptors (Lipinski definition) is 3. The predicted molar refractivity (Wildman–Crippen MR) is 71.2 cm³/mol. The minimum atomic E-state index is 0.556. The monoisotopic (exact) mass is 240 g/mol. The molecular formula is C14H28N2O. The molecule has 0 radical (unpaired) electrons. The lowest BCUT2D eigenvalue weighted by molar-refractivity contribution is 0.133. The van der Waals surface area contributed by atoms with Gasteiger partial charge in [0.25, 0.3) is 0 Å². The number of nitrogens with one attached hydrogen (secondary N) is 1. The van der Waals surface area contributed by atoms with Gasteiger partial charge in [0, 0.05) is 24.5 Å². The normalized spacial score (nSPS) is 38.8. The molecule has 1 heterocycles. The lowest BCUT2D eigenvalue weighted by Gasteiger charge is -2.35. The molecule has 3 nitrogen and oxygen atoms in total. The molecule has 2 aliphatic rings. The van der Waals surface area contributed by atoms with E-state index in [0.29, 0.717) is 12.0 Å². The van der Waals surface area contributed by atoms with Crippen LogP contribution in [0.1, 0.15) is 32.6 Å². The molecule has 2 fully saturated rings. The molecule has 0 aromatic rings. The zero-order chi connectivity index (χ0) is 12.3. The summed E-state index contributed by atoms with van der Waals surface area (Å²) in [7, 11) is 4.35. The van der Waals surface area contributed by atoms with Crippen LogP contribution in [-0.2, 0) is 4.74 Å². The molecule has 0 aromatic heterocycles. The van der Waals surface area contributed by atoms with Gasteiger partial charge in [-0.15, -0.1) is 0 Å². The molecule has 1 saturated heterocycles. The third-order valence-corrected chi connectivity index (χ3v) is 4.70. The van der Waals surface area contributed by atoms with Gasteiger partial charge in [0.1, 0.15) is 0 Å². The molecule has 1 aliphatic carbocycles. The number of ether oxygens (including phenoxy) is 1. The minimum Gasteiger partial charge on any atom is -0.379 e. The lowest BCUT2D eigenvalue weighted by atomic mass is 9.86. The average molecular weight is 240 g/mol. The van der Waals surface area contributed by atoms with Crippen LogP contribution in [0.2, 0.25) is 0 Å². The van der Waals surface area contributed by atoms with Gasteiger partial charge in [0.15, 0.2) is 0 Å². The summed E-state index contributed by atoms with van der Waals surface area (Å²) in [5, 5.41) is 3.38. The van der Waals surface area contributed by atoms with E-state index in [1.54, 1.807) is 0 Å². The molecular weight excluding hydrogens is 212 g/mol. The van der Waals surface area contributed by atoms with Crippen LogP contribution in [0.5, 0.6) is 0 Å². The first-order chi connectivity index (χ1) is 8.20. The zero-order valence-corrected chi connectivity index (χ0v) is 11.6. The second-order valence-electron chi connectivity index (χ2n) is 6.05. The Labute approximate surface area is 106 Å². The lowest BCUT2D eigenvalue weighted by Crippen LogP contribution is -2.43. The van der Waals surface area contributed by atoms with E-state index in [2.05, 4.69) is 31.2 Å². The van der Waals surface area contributed by atoms with Crippen LogP contribution in [0.3, 0.4) is 0 Å². The first-order valence-corrected chi connectivity index (χ1v) is 7.16. The van der Waals surface area contributed by atoms with Crippen molar-refractivity contribution in [3.05, 3.63) is 0 Å². The summed E-state index contributed by atoms with van der Waals surface area (Å²) in [5.41, 5.74) is 0. The van der Waals surface area contributed by atoms with E-state index < -0.39 is 0 Å². The Bertz CT molecular complexity index is 226.